The van der Waals surface area contributed by atoms with Crippen molar-refractivity contribution >= 4 is 5.57 Å². The maximum atomic E-state index is 2.49. The summed E-state index contributed by atoms with van der Waals surface area (Å²) < 4.78 is 0. The van der Waals surface area contributed by atoms with Gasteiger partial charge in [0.1, 0.15) is 0 Å². The zero-order valence-corrected chi connectivity index (χ0v) is 22.7. The highest BCUT2D eigenvalue weighted by Gasteiger charge is 2.22. The van der Waals surface area contributed by atoms with Crippen LogP contribution in [0, 0.1) is 11.8 Å². The first-order valence-electron chi connectivity index (χ1n) is 15.2. The maximum absolute atomic E-state index is 2.49. The summed E-state index contributed by atoms with van der Waals surface area (Å²) in [5.41, 5.74) is 7.25. The second kappa shape index (κ2) is 14.1. The molecule has 2 aromatic carbocycles. The lowest BCUT2D eigenvalue weighted by Crippen LogP contribution is -2.13. The lowest BCUT2D eigenvalue weighted by Gasteiger charge is -2.29. The van der Waals surface area contributed by atoms with E-state index in [1.807, 2.05) is 0 Å². The summed E-state index contributed by atoms with van der Waals surface area (Å²) in [7, 11) is 0. The van der Waals surface area contributed by atoms with Gasteiger partial charge in [-0.3, -0.25) is 0 Å². The normalized spacial score (nSPS) is 22.7. The Hall–Kier alpha value is -1.82. The Bertz CT molecular complexity index is 877. The summed E-state index contributed by atoms with van der Waals surface area (Å²) >= 11 is 0. The molecule has 0 bridgehead atoms. The van der Waals surface area contributed by atoms with Crippen LogP contribution in [0.4, 0.5) is 0 Å². The summed E-state index contributed by atoms with van der Waals surface area (Å²) in [6.07, 6.45) is 24.9. The zero-order valence-electron chi connectivity index (χ0n) is 22.7. The Morgan fingerprint density at radius 3 is 1.80 bits per heavy atom. The van der Waals surface area contributed by atoms with Crippen molar-refractivity contribution in [1.82, 2.24) is 0 Å². The van der Waals surface area contributed by atoms with E-state index in [0.29, 0.717) is 0 Å². The van der Waals surface area contributed by atoms with Crippen LogP contribution in [-0.2, 0) is 0 Å². The predicted molar refractivity (Wildman–Crippen MR) is 155 cm³/mol. The van der Waals surface area contributed by atoms with E-state index >= 15 is 0 Å². The minimum atomic E-state index is 0.780. The van der Waals surface area contributed by atoms with E-state index in [-0.39, 0.29) is 0 Å². The van der Waals surface area contributed by atoms with Crippen molar-refractivity contribution in [2.45, 2.75) is 122 Å². The third kappa shape index (κ3) is 7.83. The Balaban J connectivity index is 1.21. The molecular formula is C35H50. The first-order valence-corrected chi connectivity index (χ1v) is 15.2. The molecule has 0 radical (unpaired) electrons. The molecule has 2 aromatic rings. The van der Waals surface area contributed by atoms with Crippen LogP contribution in [0.25, 0.3) is 16.7 Å². The first-order chi connectivity index (χ1) is 17.3. The maximum Gasteiger partial charge on any atom is -0.0162 e. The van der Waals surface area contributed by atoms with E-state index in [0.717, 1.165) is 17.8 Å². The molecule has 1 fully saturated rings. The number of unbranched alkanes of at least 4 members (excludes halogenated alkanes) is 6. The van der Waals surface area contributed by atoms with Crippen molar-refractivity contribution in [1.29, 1.82) is 0 Å². The van der Waals surface area contributed by atoms with Gasteiger partial charge in [0.15, 0.2) is 0 Å². The Morgan fingerprint density at radius 2 is 1.20 bits per heavy atom. The van der Waals surface area contributed by atoms with Gasteiger partial charge in [-0.2, -0.15) is 0 Å². The molecule has 0 amide bonds. The predicted octanol–water partition coefficient (Wildman–Crippen LogP) is 11.4. The lowest BCUT2D eigenvalue weighted by atomic mass is 9.77. The van der Waals surface area contributed by atoms with E-state index in [1.54, 1.807) is 11.1 Å². The number of hydrogen-bond acceptors (Lipinski definition) is 0. The minimum Gasteiger partial charge on any atom is -0.0804 e. The van der Waals surface area contributed by atoms with Crippen molar-refractivity contribution < 1.29 is 0 Å². The summed E-state index contributed by atoms with van der Waals surface area (Å²) in [6.45, 7) is 4.63. The molecule has 4 rings (SSSR count). The van der Waals surface area contributed by atoms with E-state index in [1.165, 1.54) is 119 Å². The number of allylic oxidation sites excluding steroid dienone is 2. The third-order valence-corrected chi connectivity index (χ3v) is 9.13. The molecular weight excluding hydrogens is 420 g/mol. The van der Waals surface area contributed by atoms with Crippen molar-refractivity contribution in [2.75, 3.05) is 0 Å². The molecule has 0 N–H and O–H groups in total. The quantitative estimate of drug-likeness (QED) is 0.270. The van der Waals surface area contributed by atoms with Crippen LogP contribution in [0.1, 0.15) is 134 Å². The molecule has 0 heterocycles. The van der Waals surface area contributed by atoms with Gasteiger partial charge in [0.05, 0.1) is 0 Å². The van der Waals surface area contributed by atoms with Crippen LogP contribution in [0.5, 0.6) is 0 Å². The van der Waals surface area contributed by atoms with Crippen LogP contribution in [0.3, 0.4) is 0 Å². The van der Waals surface area contributed by atoms with Gasteiger partial charge in [0, 0.05) is 0 Å². The highest BCUT2D eigenvalue weighted by Crippen LogP contribution is 2.38. The third-order valence-electron chi connectivity index (χ3n) is 9.13. The van der Waals surface area contributed by atoms with E-state index in [9.17, 15) is 0 Å². The first kappa shape index (κ1) is 26.2. The SMILES string of the molecule is CCCCCCCCCC1CCC(c2ccc(-c3ccc(C4=CCC(CC)CC4)cc3)cc2)CC1. The van der Waals surface area contributed by atoms with Crippen molar-refractivity contribution in [3.63, 3.8) is 0 Å². The summed E-state index contributed by atoms with van der Waals surface area (Å²) in [6, 6.07) is 18.9. The van der Waals surface area contributed by atoms with Gasteiger partial charge in [0.25, 0.3) is 0 Å². The second-order valence-electron chi connectivity index (χ2n) is 11.6. The van der Waals surface area contributed by atoms with Crippen LogP contribution in [0.2, 0.25) is 0 Å². The van der Waals surface area contributed by atoms with Crippen molar-refractivity contribution in [3.05, 3.63) is 65.7 Å². The van der Waals surface area contributed by atoms with E-state index < -0.39 is 0 Å². The second-order valence-corrected chi connectivity index (χ2v) is 11.6. The van der Waals surface area contributed by atoms with Crippen LogP contribution < -0.4 is 0 Å². The standard InChI is InChI=1S/C35H50/c1-3-5-6-7-8-9-10-11-29-14-18-31(19-15-29)33-22-26-35(27-23-33)34-24-20-32(21-25-34)30-16-12-28(4-2)13-17-30/h16,20-29,31H,3-15,17-19H2,1-2H3. The zero-order chi connectivity index (χ0) is 24.3. The fourth-order valence-electron chi connectivity index (χ4n) is 6.52. The van der Waals surface area contributed by atoms with Crippen LogP contribution in [-0.4, -0.2) is 0 Å². The molecule has 35 heavy (non-hydrogen) atoms. The molecule has 0 aliphatic heterocycles. The molecule has 1 atom stereocenters. The van der Waals surface area contributed by atoms with Gasteiger partial charge < -0.3 is 0 Å². The largest absolute Gasteiger partial charge is 0.0804 e. The van der Waals surface area contributed by atoms with E-state index in [2.05, 4.69) is 68.5 Å². The number of rotatable bonds is 12. The smallest absolute Gasteiger partial charge is 0.0162 e. The highest BCUT2D eigenvalue weighted by molar-refractivity contribution is 5.71. The molecule has 1 unspecified atom stereocenters. The van der Waals surface area contributed by atoms with Crippen molar-refractivity contribution in [3.8, 4) is 11.1 Å². The summed E-state index contributed by atoms with van der Waals surface area (Å²) in [4.78, 5) is 0. The monoisotopic (exact) mass is 470 g/mol. The molecule has 190 valence electrons. The summed E-state index contributed by atoms with van der Waals surface area (Å²) in [5.74, 6) is 2.67. The highest BCUT2D eigenvalue weighted by atomic mass is 14.3. The average Bonchev–Trinajstić information content (AvgIpc) is 2.93. The molecule has 0 nitrogen and oxygen atoms in total. The molecule has 2 aliphatic rings. The van der Waals surface area contributed by atoms with Gasteiger partial charge in [-0.1, -0.05) is 126 Å². The van der Waals surface area contributed by atoms with Gasteiger partial charge in [0.2, 0.25) is 0 Å². The topological polar surface area (TPSA) is 0 Å². The van der Waals surface area contributed by atoms with E-state index in [4.69, 9.17) is 0 Å². The summed E-state index contributed by atoms with van der Waals surface area (Å²) in [5, 5.41) is 0. The molecule has 1 saturated carbocycles. The number of benzene rings is 2. The Morgan fingerprint density at radius 1 is 0.600 bits per heavy atom. The average molecular weight is 471 g/mol. The fourth-order valence-corrected chi connectivity index (χ4v) is 6.52. The fraction of sp³-hybridized carbons (Fsp3) is 0.600. The molecule has 0 saturated heterocycles. The van der Waals surface area contributed by atoms with Crippen molar-refractivity contribution in [2.24, 2.45) is 11.8 Å². The molecule has 0 aromatic heterocycles. The van der Waals surface area contributed by atoms with Gasteiger partial charge in [-0.25, -0.2) is 0 Å². The minimum absolute atomic E-state index is 0.780. The molecule has 2 aliphatic carbocycles. The number of hydrogen-bond donors (Lipinski definition) is 0. The lowest BCUT2D eigenvalue weighted by molar-refractivity contribution is 0.302. The molecule has 0 spiro atoms. The van der Waals surface area contributed by atoms with Gasteiger partial charge in [-0.05, 0) is 90.5 Å². The Kier molecular flexibility index (Phi) is 10.5. The Labute approximate surface area is 216 Å². The van der Waals surface area contributed by atoms with Crippen LogP contribution >= 0.6 is 0 Å². The van der Waals surface area contributed by atoms with Crippen LogP contribution in [0.15, 0.2) is 54.6 Å². The molecule has 0 heteroatoms. The van der Waals surface area contributed by atoms with Gasteiger partial charge in [-0.15, -0.1) is 0 Å². The van der Waals surface area contributed by atoms with Gasteiger partial charge >= 0.3 is 0 Å².